The average Bonchev–Trinajstić information content (AvgIpc) is 3.19. The van der Waals surface area contributed by atoms with Crippen molar-refractivity contribution in [3.8, 4) is 0 Å². The van der Waals surface area contributed by atoms with Gasteiger partial charge in [0.1, 0.15) is 5.76 Å². The monoisotopic (exact) mass is 321 g/mol. The van der Waals surface area contributed by atoms with Gasteiger partial charge < -0.3 is 19.4 Å². The highest BCUT2D eigenvalue weighted by molar-refractivity contribution is 7.07. The van der Waals surface area contributed by atoms with Crippen molar-refractivity contribution in [2.75, 3.05) is 33.9 Å². The number of nitrogens with one attached hydrogen (secondary N) is 1. The first-order valence-corrected chi connectivity index (χ1v) is 8.25. The van der Waals surface area contributed by atoms with Crippen LogP contribution in [0.2, 0.25) is 0 Å². The fraction of sp³-hybridized carbons (Fsp3) is 0.438. The van der Waals surface area contributed by atoms with Crippen LogP contribution < -0.4 is 5.32 Å². The first-order valence-electron chi connectivity index (χ1n) is 7.31. The topological polar surface area (TPSA) is 50.0 Å². The quantitative estimate of drug-likeness (QED) is 0.461. The number of rotatable bonds is 8. The molecule has 0 atom stereocenters. The highest BCUT2D eigenvalue weighted by Gasteiger charge is 2.07. The highest BCUT2D eigenvalue weighted by atomic mass is 32.1. The summed E-state index contributed by atoms with van der Waals surface area (Å²) in [7, 11) is 3.73. The first-order chi connectivity index (χ1) is 10.8. The van der Waals surface area contributed by atoms with Gasteiger partial charge in [-0.05, 0) is 34.5 Å². The minimum Gasteiger partial charge on any atom is -0.469 e. The van der Waals surface area contributed by atoms with Gasteiger partial charge in [0, 0.05) is 33.7 Å². The normalized spacial score (nSPS) is 11.6. The van der Waals surface area contributed by atoms with Crippen molar-refractivity contribution < 1.29 is 9.15 Å². The molecule has 0 unspecified atom stereocenters. The summed E-state index contributed by atoms with van der Waals surface area (Å²) >= 11 is 1.71. The Kier molecular flexibility index (Phi) is 6.99. The third-order valence-corrected chi connectivity index (χ3v) is 3.89. The van der Waals surface area contributed by atoms with Crippen molar-refractivity contribution in [2.45, 2.75) is 13.0 Å². The Morgan fingerprint density at radius 3 is 3.05 bits per heavy atom. The van der Waals surface area contributed by atoms with Gasteiger partial charge in [0.25, 0.3) is 0 Å². The molecule has 0 saturated heterocycles. The summed E-state index contributed by atoms with van der Waals surface area (Å²) in [5, 5.41) is 7.64. The lowest BCUT2D eigenvalue weighted by atomic mass is 10.3. The molecule has 0 amide bonds. The van der Waals surface area contributed by atoms with Crippen molar-refractivity contribution in [3.05, 3.63) is 46.5 Å². The number of hydrogen-bond acceptors (Lipinski definition) is 4. The zero-order valence-corrected chi connectivity index (χ0v) is 13.9. The van der Waals surface area contributed by atoms with E-state index in [0.29, 0.717) is 13.2 Å². The van der Waals surface area contributed by atoms with Gasteiger partial charge in [0.05, 0.1) is 19.4 Å². The molecule has 0 radical (unpaired) electrons. The summed E-state index contributed by atoms with van der Waals surface area (Å²) in [6.07, 6.45) is 2.54. The second kappa shape index (κ2) is 9.27. The van der Waals surface area contributed by atoms with Crippen LogP contribution >= 0.6 is 11.3 Å². The van der Waals surface area contributed by atoms with E-state index in [-0.39, 0.29) is 0 Å². The number of hydrogen-bond donors (Lipinski definition) is 1. The van der Waals surface area contributed by atoms with Gasteiger partial charge in [0.15, 0.2) is 5.96 Å². The van der Waals surface area contributed by atoms with Crippen molar-refractivity contribution in [2.24, 2.45) is 4.99 Å². The van der Waals surface area contributed by atoms with E-state index < -0.39 is 0 Å². The third-order valence-electron chi connectivity index (χ3n) is 3.15. The molecule has 22 heavy (non-hydrogen) atoms. The number of guanidine groups is 1. The summed E-state index contributed by atoms with van der Waals surface area (Å²) in [5.74, 6) is 1.86. The maximum absolute atomic E-state index is 5.35. The molecule has 0 fully saturated rings. The molecule has 120 valence electrons. The molecule has 2 rings (SSSR count). The van der Waals surface area contributed by atoms with E-state index >= 15 is 0 Å². The summed E-state index contributed by atoms with van der Waals surface area (Å²) < 4.78 is 10.4. The Balaban J connectivity index is 1.87. The van der Waals surface area contributed by atoms with Crippen LogP contribution in [-0.2, 0) is 17.7 Å². The summed E-state index contributed by atoms with van der Waals surface area (Å²) in [6.45, 7) is 2.89. The molecule has 0 aliphatic rings. The Morgan fingerprint density at radius 1 is 1.45 bits per heavy atom. The van der Waals surface area contributed by atoms with E-state index in [1.165, 1.54) is 5.56 Å². The Morgan fingerprint density at radius 2 is 2.36 bits per heavy atom. The van der Waals surface area contributed by atoms with Crippen LogP contribution in [0.25, 0.3) is 0 Å². The van der Waals surface area contributed by atoms with Crippen molar-refractivity contribution in [1.82, 2.24) is 10.2 Å². The predicted molar refractivity (Wildman–Crippen MR) is 90.4 cm³/mol. The molecule has 2 aromatic rings. The molecule has 5 nitrogen and oxygen atoms in total. The number of aliphatic imine (C=N–C) groups is 1. The van der Waals surface area contributed by atoms with Crippen LogP contribution in [0.4, 0.5) is 0 Å². The molecule has 6 heteroatoms. The molecule has 0 aliphatic carbocycles. The lowest BCUT2D eigenvalue weighted by Gasteiger charge is -2.22. The smallest absolute Gasteiger partial charge is 0.194 e. The molecule has 0 spiro atoms. The van der Waals surface area contributed by atoms with Crippen LogP contribution in [0.1, 0.15) is 11.3 Å². The van der Waals surface area contributed by atoms with E-state index in [0.717, 1.165) is 31.2 Å². The molecule has 0 bridgehead atoms. The van der Waals surface area contributed by atoms with Crippen LogP contribution in [0, 0.1) is 0 Å². The van der Waals surface area contributed by atoms with Gasteiger partial charge in [-0.3, -0.25) is 4.99 Å². The lowest BCUT2D eigenvalue weighted by molar-refractivity contribution is 0.207. The van der Waals surface area contributed by atoms with Crippen LogP contribution in [0.15, 0.2) is 44.6 Å². The first kappa shape index (κ1) is 16.6. The Labute approximate surface area is 135 Å². The second-order valence-corrected chi connectivity index (χ2v) is 5.72. The lowest BCUT2D eigenvalue weighted by Crippen LogP contribution is -2.39. The van der Waals surface area contributed by atoms with Gasteiger partial charge >= 0.3 is 0 Å². The van der Waals surface area contributed by atoms with Crippen LogP contribution in [-0.4, -0.2) is 44.7 Å². The number of ether oxygens (including phenoxy) is 1. The van der Waals surface area contributed by atoms with E-state index in [9.17, 15) is 0 Å². The van der Waals surface area contributed by atoms with Crippen molar-refractivity contribution in [1.29, 1.82) is 0 Å². The van der Waals surface area contributed by atoms with Crippen molar-refractivity contribution in [3.63, 3.8) is 0 Å². The fourth-order valence-corrected chi connectivity index (χ4v) is 2.70. The Hall–Kier alpha value is -1.79. The molecule has 2 heterocycles. The molecule has 2 aromatic heterocycles. The zero-order chi connectivity index (χ0) is 15.6. The van der Waals surface area contributed by atoms with Crippen molar-refractivity contribution >= 4 is 17.3 Å². The maximum Gasteiger partial charge on any atom is 0.194 e. The van der Waals surface area contributed by atoms with Gasteiger partial charge in [-0.15, -0.1) is 0 Å². The second-order valence-electron chi connectivity index (χ2n) is 4.94. The van der Waals surface area contributed by atoms with Gasteiger partial charge in [-0.2, -0.15) is 11.3 Å². The summed E-state index contributed by atoms with van der Waals surface area (Å²) in [6, 6.07) is 6.03. The fourth-order valence-electron chi connectivity index (χ4n) is 2.04. The number of nitrogens with zero attached hydrogens (tertiary/aromatic N) is 2. The van der Waals surface area contributed by atoms with Gasteiger partial charge in [0.2, 0.25) is 0 Å². The molecule has 0 saturated carbocycles. The minimum absolute atomic E-state index is 0.621. The molecule has 0 aliphatic heterocycles. The maximum atomic E-state index is 5.35. The minimum atomic E-state index is 0.621. The van der Waals surface area contributed by atoms with Gasteiger partial charge in [-0.1, -0.05) is 0 Å². The Bertz CT molecular complexity index is 538. The van der Waals surface area contributed by atoms with E-state index in [1.54, 1.807) is 24.7 Å². The standard InChI is InChI=1S/C16H23N3O2S/c1-19(12-14-6-11-22-13-14)16(18-8-10-20-2)17-7-5-15-4-3-9-21-15/h3-4,6,9,11,13H,5,7-8,10,12H2,1-2H3,(H,17,18). The molecule has 0 aromatic carbocycles. The molecule has 1 N–H and O–H groups in total. The van der Waals surface area contributed by atoms with E-state index in [2.05, 4.69) is 32.0 Å². The largest absolute Gasteiger partial charge is 0.469 e. The van der Waals surface area contributed by atoms with Crippen LogP contribution in [0.5, 0.6) is 0 Å². The number of furan rings is 1. The summed E-state index contributed by atoms with van der Waals surface area (Å²) in [4.78, 5) is 6.72. The predicted octanol–water partition coefficient (Wildman–Crippen LogP) is 2.61. The highest BCUT2D eigenvalue weighted by Crippen LogP contribution is 2.08. The van der Waals surface area contributed by atoms with Crippen LogP contribution in [0.3, 0.4) is 0 Å². The third kappa shape index (κ3) is 5.54. The average molecular weight is 321 g/mol. The SMILES string of the molecule is COCCN=C(NCCc1ccco1)N(C)Cc1ccsc1. The van der Waals surface area contributed by atoms with E-state index in [4.69, 9.17) is 9.15 Å². The summed E-state index contributed by atoms with van der Waals surface area (Å²) in [5.41, 5.74) is 1.29. The molecular weight excluding hydrogens is 298 g/mol. The number of thiophene rings is 1. The molecular formula is C16H23N3O2S. The zero-order valence-electron chi connectivity index (χ0n) is 13.1. The number of methoxy groups -OCH3 is 1. The van der Waals surface area contributed by atoms with E-state index in [1.807, 2.05) is 19.2 Å². The van der Waals surface area contributed by atoms with Gasteiger partial charge in [-0.25, -0.2) is 0 Å².